The Kier molecular flexibility index (Phi) is 8.15. The number of carbonyl (C=O) groups is 2. The molecule has 1 N–H and O–H groups in total. The molecule has 0 radical (unpaired) electrons. The van der Waals surface area contributed by atoms with Crippen molar-refractivity contribution < 1.29 is 19.4 Å². The fourth-order valence-corrected chi connectivity index (χ4v) is 4.38. The highest BCUT2D eigenvalue weighted by Crippen LogP contribution is 2.40. The second-order valence-corrected chi connectivity index (χ2v) is 9.38. The summed E-state index contributed by atoms with van der Waals surface area (Å²) in [7, 11) is 3.95. The van der Waals surface area contributed by atoms with Crippen molar-refractivity contribution in [3.63, 3.8) is 0 Å². The number of ether oxygens (including phenoxy) is 1. The highest BCUT2D eigenvalue weighted by atomic mass is 16.5. The summed E-state index contributed by atoms with van der Waals surface area (Å²) in [4.78, 5) is 30.0. The molecule has 0 aromatic heterocycles. The van der Waals surface area contributed by atoms with E-state index in [1.54, 1.807) is 17.0 Å². The van der Waals surface area contributed by atoms with Crippen LogP contribution in [-0.2, 0) is 9.59 Å². The van der Waals surface area contributed by atoms with E-state index in [-0.39, 0.29) is 11.3 Å². The van der Waals surface area contributed by atoms with Gasteiger partial charge in [-0.2, -0.15) is 0 Å². The van der Waals surface area contributed by atoms with Crippen molar-refractivity contribution in [1.29, 1.82) is 0 Å². The van der Waals surface area contributed by atoms with Gasteiger partial charge >= 0.3 is 0 Å². The Labute approximate surface area is 202 Å². The van der Waals surface area contributed by atoms with Crippen molar-refractivity contribution >= 4 is 17.4 Å². The minimum absolute atomic E-state index is 0.138. The lowest BCUT2D eigenvalue weighted by Gasteiger charge is -2.26. The van der Waals surface area contributed by atoms with Crippen molar-refractivity contribution in [3.8, 4) is 5.75 Å². The third-order valence-corrected chi connectivity index (χ3v) is 6.23. The number of hydrogen-bond donors (Lipinski definition) is 1. The van der Waals surface area contributed by atoms with Crippen molar-refractivity contribution in [2.75, 3.05) is 33.8 Å². The highest BCUT2D eigenvalue weighted by molar-refractivity contribution is 6.46. The van der Waals surface area contributed by atoms with Crippen molar-refractivity contribution in [3.05, 3.63) is 70.3 Å². The summed E-state index contributed by atoms with van der Waals surface area (Å²) < 4.78 is 5.56. The van der Waals surface area contributed by atoms with Gasteiger partial charge in [-0.25, -0.2) is 0 Å². The molecule has 182 valence electrons. The third-order valence-electron chi connectivity index (χ3n) is 6.23. The van der Waals surface area contributed by atoms with Gasteiger partial charge in [-0.3, -0.25) is 9.59 Å². The summed E-state index contributed by atoms with van der Waals surface area (Å²) >= 11 is 0. The molecule has 1 aliphatic heterocycles. The molecule has 0 bridgehead atoms. The fourth-order valence-electron chi connectivity index (χ4n) is 4.38. The number of Topliss-reactive ketones (excluding diaryl/α,β-unsaturated/α-hetero) is 1. The zero-order chi connectivity index (χ0) is 25.0. The zero-order valence-electron chi connectivity index (χ0n) is 21.1. The van der Waals surface area contributed by atoms with Gasteiger partial charge in [-0.05, 0) is 81.7 Å². The lowest BCUT2D eigenvalue weighted by molar-refractivity contribution is -0.139. The molecule has 6 heteroatoms. The van der Waals surface area contributed by atoms with E-state index in [1.165, 1.54) is 5.56 Å². The third kappa shape index (κ3) is 5.33. The summed E-state index contributed by atoms with van der Waals surface area (Å²) in [6.07, 6.45) is 0.725. The first-order valence-corrected chi connectivity index (χ1v) is 11.9. The van der Waals surface area contributed by atoms with E-state index in [4.69, 9.17) is 4.74 Å². The Bertz CT molecular complexity index is 1070. The molecule has 2 aromatic carbocycles. The maximum absolute atomic E-state index is 13.2. The smallest absolute Gasteiger partial charge is 0.295 e. The van der Waals surface area contributed by atoms with E-state index in [0.717, 1.165) is 24.1 Å². The molecule has 1 heterocycles. The molecule has 2 aromatic rings. The molecule has 3 rings (SSSR count). The normalized spacial score (nSPS) is 17.8. The molecular weight excluding hydrogens is 428 g/mol. The van der Waals surface area contributed by atoms with Crippen LogP contribution in [0, 0.1) is 6.92 Å². The number of hydrogen-bond acceptors (Lipinski definition) is 5. The first-order valence-electron chi connectivity index (χ1n) is 11.9. The first-order chi connectivity index (χ1) is 16.1. The van der Waals surface area contributed by atoms with Gasteiger partial charge in [0.1, 0.15) is 11.5 Å². The average molecular weight is 465 g/mol. The molecule has 0 aliphatic carbocycles. The number of aliphatic hydroxyl groups is 1. The molecule has 1 saturated heterocycles. The number of aliphatic hydroxyl groups excluding tert-OH is 1. The van der Waals surface area contributed by atoms with E-state index >= 15 is 0 Å². The summed E-state index contributed by atoms with van der Waals surface area (Å²) in [5.41, 5.74) is 3.43. The zero-order valence-corrected chi connectivity index (χ0v) is 21.1. The number of amides is 1. The molecular formula is C28H36N2O4. The number of aryl methyl sites for hydroxylation is 1. The molecule has 1 fully saturated rings. The summed E-state index contributed by atoms with van der Waals surface area (Å²) in [5.74, 6) is -0.295. The average Bonchev–Trinajstić information content (AvgIpc) is 3.04. The van der Waals surface area contributed by atoms with Crippen molar-refractivity contribution in [2.45, 2.75) is 46.1 Å². The number of nitrogens with zero attached hydrogens (tertiary/aromatic N) is 2. The summed E-state index contributed by atoms with van der Waals surface area (Å²) in [6.45, 7) is 9.77. The molecule has 1 aliphatic rings. The maximum atomic E-state index is 13.2. The fraction of sp³-hybridized carbons (Fsp3) is 0.429. The number of rotatable bonds is 9. The molecule has 0 spiro atoms. The largest absolute Gasteiger partial charge is 0.507 e. The lowest BCUT2D eigenvalue weighted by Crippen LogP contribution is -2.32. The van der Waals surface area contributed by atoms with Gasteiger partial charge in [0.25, 0.3) is 11.7 Å². The van der Waals surface area contributed by atoms with Gasteiger partial charge in [-0.15, -0.1) is 0 Å². The Hall–Kier alpha value is -3.12. The number of carbonyl (C=O) groups excluding carboxylic acids is 2. The lowest BCUT2D eigenvalue weighted by atomic mass is 9.92. The quantitative estimate of drug-likeness (QED) is 0.325. The van der Waals surface area contributed by atoms with Crippen LogP contribution < -0.4 is 4.74 Å². The van der Waals surface area contributed by atoms with Crippen molar-refractivity contribution in [2.24, 2.45) is 0 Å². The van der Waals surface area contributed by atoms with Crippen LogP contribution in [0.25, 0.3) is 5.76 Å². The predicted molar refractivity (Wildman–Crippen MR) is 135 cm³/mol. The molecule has 0 saturated carbocycles. The van der Waals surface area contributed by atoms with Crippen LogP contribution in [0.2, 0.25) is 0 Å². The van der Waals surface area contributed by atoms with Gasteiger partial charge in [-0.1, -0.05) is 38.1 Å². The van der Waals surface area contributed by atoms with Gasteiger partial charge in [0.2, 0.25) is 0 Å². The van der Waals surface area contributed by atoms with Gasteiger partial charge in [0.05, 0.1) is 18.2 Å². The van der Waals surface area contributed by atoms with Crippen LogP contribution in [-0.4, -0.2) is 60.4 Å². The van der Waals surface area contributed by atoms with Crippen LogP contribution in [0.15, 0.2) is 48.0 Å². The molecule has 6 nitrogen and oxygen atoms in total. The van der Waals surface area contributed by atoms with Crippen LogP contribution in [0.3, 0.4) is 0 Å². The van der Waals surface area contributed by atoms with E-state index in [2.05, 4.69) is 13.8 Å². The van der Waals surface area contributed by atoms with Crippen molar-refractivity contribution in [1.82, 2.24) is 9.80 Å². The monoisotopic (exact) mass is 464 g/mol. The van der Waals surface area contributed by atoms with E-state index in [0.29, 0.717) is 30.4 Å². The van der Waals surface area contributed by atoms with Crippen LogP contribution in [0.1, 0.15) is 61.4 Å². The summed E-state index contributed by atoms with van der Waals surface area (Å²) in [5, 5.41) is 11.3. The topological polar surface area (TPSA) is 70.1 Å². The van der Waals surface area contributed by atoms with Gasteiger partial charge in [0.15, 0.2) is 0 Å². The Balaban J connectivity index is 2.10. The van der Waals surface area contributed by atoms with Crippen LogP contribution in [0.5, 0.6) is 5.75 Å². The van der Waals surface area contributed by atoms with Gasteiger partial charge < -0.3 is 19.6 Å². The molecule has 1 amide bonds. The van der Waals surface area contributed by atoms with Gasteiger partial charge in [0, 0.05) is 12.1 Å². The Morgan fingerprint density at radius 2 is 1.79 bits per heavy atom. The SMILES string of the molecule is CCOc1ccc(C(O)=C2C(=O)C(=O)N(CCCN(C)C)[C@H]2c2ccc(C(C)C)cc2)c(C)c1. The van der Waals surface area contributed by atoms with Crippen LogP contribution >= 0.6 is 0 Å². The number of ketones is 1. The second-order valence-electron chi connectivity index (χ2n) is 9.38. The first kappa shape index (κ1) is 25.5. The minimum atomic E-state index is -0.645. The van der Waals surface area contributed by atoms with E-state index in [9.17, 15) is 14.7 Å². The predicted octanol–water partition coefficient (Wildman–Crippen LogP) is 4.89. The standard InChI is InChI=1S/C28H36N2O4/c1-7-34-22-13-14-23(19(4)17-22)26(31)24-25(21-11-9-20(10-12-21)18(2)3)30(28(33)27(24)32)16-8-15-29(5)6/h9-14,17-18,25,31H,7-8,15-16H2,1-6H3/t25-/m0/s1. The highest BCUT2D eigenvalue weighted by Gasteiger charge is 2.45. The Morgan fingerprint density at radius 3 is 2.35 bits per heavy atom. The number of benzene rings is 2. The second kappa shape index (κ2) is 10.9. The maximum Gasteiger partial charge on any atom is 0.295 e. The molecule has 34 heavy (non-hydrogen) atoms. The Morgan fingerprint density at radius 1 is 1.12 bits per heavy atom. The van der Waals surface area contributed by atoms with E-state index < -0.39 is 17.7 Å². The number of likely N-dealkylation sites (tertiary alicyclic amines) is 1. The van der Waals surface area contributed by atoms with E-state index in [1.807, 2.05) is 63.2 Å². The summed E-state index contributed by atoms with van der Waals surface area (Å²) in [6, 6.07) is 12.7. The van der Waals surface area contributed by atoms with Crippen LogP contribution in [0.4, 0.5) is 0 Å². The minimum Gasteiger partial charge on any atom is -0.507 e. The molecule has 0 unspecified atom stereocenters. The molecule has 1 atom stereocenters.